The van der Waals surface area contributed by atoms with E-state index in [0.717, 1.165) is 36.5 Å². The molecular formula is C14H15Cl3N2O. The van der Waals surface area contributed by atoms with Gasteiger partial charge in [0.15, 0.2) is 0 Å². The zero-order chi connectivity index (χ0) is 14.3. The van der Waals surface area contributed by atoms with Crippen molar-refractivity contribution < 1.29 is 4.74 Å². The number of hydrogen-bond donors (Lipinski definition) is 0. The molecule has 0 amide bonds. The molecule has 2 unspecified atom stereocenters. The van der Waals surface area contributed by atoms with E-state index >= 15 is 0 Å². The monoisotopic (exact) mass is 332 g/mol. The average Bonchev–Trinajstić information content (AvgIpc) is 3.06. The molecule has 0 N–H and O–H groups in total. The van der Waals surface area contributed by atoms with Crippen LogP contribution in [0.4, 0.5) is 0 Å². The lowest BCUT2D eigenvalue weighted by Gasteiger charge is -2.22. The summed E-state index contributed by atoms with van der Waals surface area (Å²) in [7, 11) is 0. The number of hydrogen-bond acceptors (Lipinski definition) is 2. The second kappa shape index (κ2) is 5.72. The normalized spacial score (nSPS) is 20.7. The predicted octanol–water partition coefficient (Wildman–Crippen LogP) is 4.68. The zero-order valence-electron chi connectivity index (χ0n) is 11.1. The summed E-state index contributed by atoms with van der Waals surface area (Å²) in [6, 6.07) is 3.94. The number of imidazole rings is 1. The van der Waals surface area contributed by atoms with Gasteiger partial charge < -0.3 is 9.30 Å². The van der Waals surface area contributed by atoms with Crippen LogP contribution in [0.15, 0.2) is 12.1 Å². The Morgan fingerprint density at radius 2 is 2.15 bits per heavy atom. The third kappa shape index (κ3) is 2.41. The highest BCUT2D eigenvalue weighted by Crippen LogP contribution is 2.34. The summed E-state index contributed by atoms with van der Waals surface area (Å²) < 4.78 is 7.66. The topological polar surface area (TPSA) is 27.1 Å². The van der Waals surface area contributed by atoms with E-state index in [1.54, 1.807) is 6.07 Å². The Hall–Kier alpha value is -0.480. The van der Waals surface area contributed by atoms with Gasteiger partial charge in [0.05, 0.1) is 33.6 Å². The lowest BCUT2D eigenvalue weighted by Crippen LogP contribution is -2.18. The molecule has 20 heavy (non-hydrogen) atoms. The fourth-order valence-corrected chi connectivity index (χ4v) is 3.34. The van der Waals surface area contributed by atoms with Crippen LogP contribution in [0, 0.1) is 5.92 Å². The Balaban J connectivity index is 2.13. The van der Waals surface area contributed by atoms with Crippen LogP contribution < -0.4 is 0 Å². The van der Waals surface area contributed by atoms with Crippen LogP contribution in [0.25, 0.3) is 11.0 Å². The van der Waals surface area contributed by atoms with Gasteiger partial charge >= 0.3 is 0 Å². The standard InChI is InChI=1S/C14H15Cl3N2O/c1-8(9-2-3-20-7-9)19-13-5-11(17)10(16)4-12(13)18-14(19)6-15/h4-5,8-9H,2-3,6-7H2,1H3. The molecule has 1 aliphatic rings. The van der Waals surface area contributed by atoms with Crippen molar-refractivity contribution in [3.05, 3.63) is 28.0 Å². The van der Waals surface area contributed by atoms with Gasteiger partial charge in [-0.2, -0.15) is 0 Å². The first-order chi connectivity index (χ1) is 9.61. The summed E-state index contributed by atoms with van der Waals surface area (Å²) in [5.74, 6) is 1.69. The minimum atomic E-state index is 0.272. The van der Waals surface area contributed by atoms with E-state index in [-0.39, 0.29) is 6.04 Å². The van der Waals surface area contributed by atoms with Crippen molar-refractivity contribution in [2.75, 3.05) is 13.2 Å². The van der Waals surface area contributed by atoms with Crippen LogP contribution in [-0.4, -0.2) is 22.8 Å². The van der Waals surface area contributed by atoms with E-state index in [2.05, 4.69) is 16.5 Å². The number of fused-ring (bicyclic) bond motifs is 1. The second-order valence-electron chi connectivity index (χ2n) is 5.15. The van der Waals surface area contributed by atoms with Gasteiger partial charge in [-0.1, -0.05) is 23.2 Å². The molecule has 1 aromatic carbocycles. The van der Waals surface area contributed by atoms with Crippen LogP contribution in [0.1, 0.15) is 25.2 Å². The number of rotatable bonds is 3. The number of alkyl halides is 1. The van der Waals surface area contributed by atoms with Crippen LogP contribution >= 0.6 is 34.8 Å². The molecular weight excluding hydrogens is 319 g/mol. The number of ether oxygens (including phenoxy) is 1. The SMILES string of the molecule is CC(C1CCOC1)n1c(CCl)nc2cc(Cl)c(Cl)cc21. The van der Waals surface area contributed by atoms with Gasteiger partial charge in [0.2, 0.25) is 0 Å². The molecule has 2 atom stereocenters. The largest absolute Gasteiger partial charge is 0.381 e. The van der Waals surface area contributed by atoms with Gasteiger partial charge in [0.1, 0.15) is 5.82 Å². The molecule has 108 valence electrons. The molecule has 1 aliphatic heterocycles. The van der Waals surface area contributed by atoms with Gasteiger partial charge in [-0.05, 0) is 25.5 Å². The van der Waals surface area contributed by atoms with E-state index in [4.69, 9.17) is 39.5 Å². The Morgan fingerprint density at radius 3 is 2.80 bits per heavy atom. The maximum Gasteiger partial charge on any atom is 0.125 e. The summed E-state index contributed by atoms with van der Waals surface area (Å²) in [4.78, 5) is 4.57. The molecule has 1 saturated heterocycles. The minimum Gasteiger partial charge on any atom is -0.381 e. The highest BCUT2D eigenvalue weighted by molar-refractivity contribution is 6.42. The Morgan fingerprint density at radius 1 is 1.40 bits per heavy atom. The average molecular weight is 334 g/mol. The maximum absolute atomic E-state index is 6.15. The smallest absolute Gasteiger partial charge is 0.125 e. The Kier molecular flexibility index (Phi) is 4.14. The van der Waals surface area contributed by atoms with Crippen molar-refractivity contribution >= 4 is 45.8 Å². The maximum atomic E-state index is 6.15. The number of halogens is 3. The van der Waals surface area contributed by atoms with Gasteiger partial charge in [-0.25, -0.2) is 4.98 Å². The highest BCUT2D eigenvalue weighted by Gasteiger charge is 2.27. The van der Waals surface area contributed by atoms with Gasteiger partial charge in [0, 0.05) is 18.6 Å². The first-order valence-electron chi connectivity index (χ1n) is 6.61. The molecule has 0 bridgehead atoms. The van der Waals surface area contributed by atoms with Crippen LogP contribution in [0.3, 0.4) is 0 Å². The third-order valence-corrected chi connectivity index (χ3v) is 4.94. The van der Waals surface area contributed by atoms with Crippen LogP contribution in [0.5, 0.6) is 0 Å². The van der Waals surface area contributed by atoms with Crippen LogP contribution in [0.2, 0.25) is 10.0 Å². The third-order valence-electron chi connectivity index (χ3n) is 3.98. The first-order valence-corrected chi connectivity index (χ1v) is 7.90. The number of nitrogens with zero attached hydrogens (tertiary/aromatic N) is 2. The quantitative estimate of drug-likeness (QED) is 0.763. The fourth-order valence-electron chi connectivity index (χ4n) is 2.83. The van der Waals surface area contributed by atoms with E-state index < -0.39 is 0 Å². The molecule has 2 heterocycles. The predicted molar refractivity (Wildman–Crippen MR) is 82.9 cm³/mol. The fraction of sp³-hybridized carbons (Fsp3) is 0.500. The summed E-state index contributed by atoms with van der Waals surface area (Å²) in [6.07, 6.45) is 1.06. The molecule has 3 nitrogen and oxygen atoms in total. The molecule has 2 aromatic rings. The molecule has 0 saturated carbocycles. The molecule has 0 aliphatic carbocycles. The van der Waals surface area contributed by atoms with E-state index in [9.17, 15) is 0 Å². The first kappa shape index (κ1) is 14.5. The van der Waals surface area contributed by atoms with Crippen LogP contribution in [-0.2, 0) is 10.6 Å². The van der Waals surface area contributed by atoms with Gasteiger partial charge in [-0.3, -0.25) is 0 Å². The molecule has 1 fully saturated rings. The second-order valence-corrected chi connectivity index (χ2v) is 6.23. The van der Waals surface area contributed by atoms with E-state index in [1.165, 1.54) is 0 Å². The molecule has 0 radical (unpaired) electrons. The summed E-state index contributed by atoms with van der Waals surface area (Å²) in [6.45, 7) is 3.79. The van der Waals surface area contributed by atoms with Crippen molar-refractivity contribution in [2.45, 2.75) is 25.3 Å². The van der Waals surface area contributed by atoms with Gasteiger partial charge in [-0.15, -0.1) is 11.6 Å². The van der Waals surface area contributed by atoms with Crippen molar-refractivity contribution in [1.29, 1.82) is 0 Å². The Bertz CT molecular complexity index is 635. The van der Waals surface area contributed by atoms with E-state index in [1.807, 2.05) is 6.07 Å². The van der Waals surface area contributed by atoms with Crippen molar-refractivity contribution in [3.8, 4) is 0 Å². The summed E-state index contributed by atoms with van der Waals surface area (Å²) in [5, 5.41) is 1.05. The van der Waals surface area contributed by atoms with Crippen molar-refractivity contribution in [1.82, 2.24) is 9.55 Å². The van der Waals surface area contributed by atoms with E-state index in [0.29, 0.717) is 21.8 Å². The van der Waals surface area contributed by atoms with Crippen molar-refractivity contribution in [3.63, 3.8) is 0 Å². The highest BCUT2D eigenvalue weighted by atomic mass is 35.5. The lowest BCUT2D eigenvalue weighted by molar-refractivity contribution is 0.175. The zero-order valence-corrected chi connectivity index (χ0v) is 13.3. The summed E-state index contributed by atoms with van der Waals surface area (Å²) >= 11 is 18.3. The van der Waals surface area contributed by atoms with Gasteiger partial charge in [0.25, 0.3) is 0 Å². The molecule has 6 heteroatoms. The number of benzene rings is 1. The molecule has 3 rings (SSSR count). The molecule has 1 aromatic heterocycles. The molecule has 0 spiro atoms. The minimum absolute atomic E-state index is 0.272. The number of aromatic nitrogens is 2. The van der Waals surface area contributed by atoms with Crippen molar-refractivity contribution in [2.24, 2.45) is 5.92 Å². The summed E-state index contributed by atoms with van der Waals surface area (Å²) in [5.41, 5.74) is 1.82. The lowest BCUT2D eigenvalue weighted by atomic mass is 10.0. The Labute approximate surface area is 132 Å².